The van der Waals surface area contributed by atoms with Crippen LogP contribution in [0.4, 0.5) is 11.4 Å². The maximum atomic E-state index is 3.53. The lowest BCUT2D eigenvalue weighted by atomic mass is 10.1. The van der Waals surface area contributed by atoms with Crippen molar-refractivity contribution in [1.82, 2.24) is 0 Å². The number of rotatable bonds is 2. The first kappa shape index (κ1) is 11.3. The van der Waals surface area contributed by atoms with Gasteiger partial charge in [-0.05, 0) is 38.3 Å². The molecule has 0 spiro atoms. The zero-order valence-electron chi connectivity index (χ0n) is 10.4. The van der Waals surface area contributed by atoms with Gasteiger partial charge in [0.1, 0.15) is 0 Å². The third-order valence-corrected chi connectivity index (χ3v) is 3.48. The standard InChI is InChI=1S/C14H22N2/c1-3-12(2)16-11-7-6-10-15-13-8-4-5-9-14(13)16/h4-5,8-9,12,15H,3,6-7,10-11H2,1-2H3. The minimum absolute atomic E-state index is 0.626. The molecule has 1 unspecified atom stereocenters. The molecular weight excluding hydrogens is 196 g/mol. The minimum atomic E-state index is 0.626. The Kier molecular flexibility index (Phi) is 3.70. The summed E-state index contributed by atoms with van der Waals surface area (Å²) in [5.74, 6) is 0. The van der Waals surface area contributed by atoms with E-state index < -0.39 is 0 Å². The van der Waals surface area contributed by atoms with Crippen LogP contribution in [0.3, 0.4) is 0 Å². The first-order valence-corrected chi connectivity index (χ1v) is 6.42. The zero-order chi connectivity index (χ0) is 11.4. The molecule has 0 aliphatic carbocycles. The number of nitrogens with one attached hydrogen (secondary N) is 1. The van der Waals surface area contributed by atoms with Crippen molar-refractivity contribution in [3.63, 3.8) is 0 Å². The molecule has 88 valence electrons. The molecule has 0 aromatic heterocycles. The lowest BCUT2D eigenvalue weighted by Crippen LogP contribution is -2.35. The monoisotopic (exact) mass is 218 g/mol. The average Bonchev–Trinajstić information content (AvgIpc) is 2.29. The summed E-state index contributed by atoms with van der Waals surface area (Å²) < 4.78 is 0. The molecule has 1 aromatic carbocycles. The smallest absolute Gasteiger partial charge is 0.0604 e. The van der Waals surface area contributed by atoms with Crippen LogP contribution in [0.5, 0.6) is 0 Å². The second kappa shape index (κ2) is 5.24. The molecule has 0 saturated carbocycles. The van der Waals surface area contributed by atoms with Gasteiger partial charge in [-0.2, -0.15) is 0 Å². The van der Waals surface area contributed by atoms with Gasteiger partial charge in [0.2, 0.25) is 0 Å². The topological polar surface area (TPSA) is 15.3 Å². The number of fused-ring (bicyclic) bond motifs is 1. The Morgan fingerprint density at radius 2 is 2.12 bits per heavy atom. The molecule has 16 heavy (non-hydrogen) atoms. The summed E-state index contributed by atoms with van der Waals surface area (Å²) in [6, 6.07) is 9.30. The van der Waals surface area contributed by atoms with Gasteiger partial charge in [0.15, 0.2) is 0 Å². The van der Waals surface area contributed by atoms with E-state index in [1.165, 1.54) is 37.2 Å². The van der Waals surface area contributed by atoms with Crippen molar-refractivity contribution in [2.24, 2.45) is 0 Å². The number of para-hydroxylation sites is 2. The van der Waals surface area contributed by atoms with Gasteiger partial charge in [-0.3, -0.25) is 0 Å². The summed E-state index contributed by atoms with van der Waals surface area (Å²) in [7, 11) is 0. The van der Waals surface area contributed by atoms with Gasteiger partial charge in [-0.25, -0.2) is 0 Å². The fourth-order valence-corrected chi connectivity index (χ4v) is 2.30. The molecule has 0 radical (unpaired) electrons. The van der Waals surface area contributed by atoms with Gasteiger partial charge in [-0.15, -0.1) is 0 Å². The van der Waals surface area contributed by atoms with Crippen LogP contribution in [0, 0.1) is 0 Å². The van der Waals surface area contributed by atoms with Crippen molar-refractivity contribution in [3.8, 4) is 0 Å². The highest BCUT2D eigenvalue weighted by molar-refractivity contribution is 5.70. The zero-order valence-corrected chi connectivity index (χ0v) is 10.4. The average molecular weight is 218 g/mol. The molecule has 0 saturated heterocycles. The fraction of sp³-hybridized carbons (Fsp3) is 0.571. The van der Waals surface area contributed by atoms with E-state index in [4.69, 9.17) is 0 Å². The summed E-state index contributed by atoms with van der Waals surface area (Å²) in [6.07, 6.45) is 3.75. The predicted octanol–water partition coefficient (Wildman–Crippen LogP) is 3.50. The molecule has 1 aliphatic rings. The van der Waals surface area contributed by atoms with Crippen molar-refractivity contribution < 1.29 is 0 Å². The largest absolute Gasteiger partial charge is 0.383 e. The maximum Gasteiger partial charge on any atom is 0.0604 e. The Hall–Kier alpha value is -1.18. The van der Waals surface area contributed by atoms with Crippen LogP contribution in [-0.2, 0) is 0 Å². The van der Waals surface area contributed by atoms with E-state index >= 15 is 0 Å². The molecular formula is C14H22N2. The van der Waals surface area contributed by atoms with E-state index in [0.29, 0.717) is 6.04 Å². The highest BCUT2D eigenvalue weighted by Crippen LogP contribution is 2.29. The predicted molar refractivity (Wildman–Crippen MR) is 71.3 cm³/mol. The van der Waals surface area contributed by atoms with Crippen LogP contribution < -0.4 is 10.2 Å². The summed E-state index contributed by atoms with van der Waals surface area (Å²) in [6.45, 7) is 6.87. The molecule has 1 aromatic rings. The Bertz CT molecular complexity index is 335. The highest BCUT2D eigenvalue weighted by atomic mass is 15.2. The third kappa shape index (κ3) is 2.31. The van der Waals surface area contributed by atoms with Gasteiger partial charge in [0.05, 0.1) is 11.4 Å². The van der Waals surface area contributed by atoms with E-state index in [2.05, 4.69) is 48.3 Å². The van der Waals surface area contributed by atoms with Gasteiger partial charge < -0.3 is 10.2 Å². The molecule has 0 bridgehead atoms. The number of anilines is 2. The fourth-order valence-electron chi connectivity index (χ4n) is 2.30. The molecule has 1 heterocycles. The second-order valence-electron chi connectivity index (χ2n) is 4.60. The summed E-state index contributed by atoms with van der Waals surface area (Å²) in [4.78, 5) is 2.54. The molecule has 1 aliphatic heterocycles. The van der Waals surface area contributed by atoms with Crippen molar-refractivity contribution in [1.29, 1.82) is 0 Å². The number of hydrogen-bond donors (Lipinski definition) is 1. The Labute approximate surface area is 98.7 Å². The van der Waals surface area contributed by atoms with Gasteiger partial charge in [-0.1, -0.05) is 19.1 Å². The van der Waals surface area contributed by atoms with Crippen molar-refractivity contribution in [2.45, 2.75) is 39.2 Å². The molecule has 2 rings (SSSR count). The van der Waals surface area contributed by atoms with E-state index in [1.54, 1.807) is 0 Å². The molecule has 0 amide bonds. The third-order valence-electron chi connectivity index (χ3n) is 3.48. The van der Waals surface area contributed by atoms with Crippen molar-refractivity contribution in [3.05, 3.63) is 24.3 Å². The van der Waals surface area contributed by atoms with Crippen molar-refractivity contribution in [2.75, 3.05) is 23.3 Å². The van der Waals surface area contributed by atoms with Crippen LogP contribution >= 0.6 is 0 Å². The number of hydrogen-bond acceptors (Lipinski definition) is 2. The van der Waals surface area contributed by atoms with Crippen LogP contribution in [-0.4, -0.2) is 19.1 Å². The maximum absolute atomic E-state index is 3.53. The SMILES string of the molecule is CCC(C)N1CCCCNc2ccccc21. The van der Waals surface area contributed by atoms with Crippen LogP contribution in [0.2, 0.25) is 0 Å². The van der Waals surface area contributed by atoms with E-state index in [-0.39, 0.29) is 0 Å². The van der Waals surface area contributed by atoms with E-state index in [9.17, 15) is 0 Å². The Morgan fingerprint density at radius 3 is 2.94 bits per heavy atom. The molecule has 2 heteroatoms. The lowest BCUT2D eigenvalue weighted by molar-refractivity contribution is 0.587. The molecule has 0 fully saturated rings. The quantitative estimate of drug-likeness (QED) is 0.817. The molecule has 1 N–H and O–H groups in total. The Morgan fingerprint density at radius 1 is 1.31 bits per heavy atom. The molecule has 2 nitrogen and oxygen atoms in total. The number of nitrogens with zero attached hydrogens (tertiary/aromatic N) is 1. The van der Waals surface area contributed by atoms with E-state index in [1.807, 2.05) is 0 Å². The van der Waals surface area contributed by atoms with Gasteiger partial charge >= 0.3 is 0 Å². The first-order chi connectivity index (χ1) is 7.83. The molecule has 1 atom stereocenters. The minimum Gasteiger partial charge on any atom is -0.383 e. The normalized spacial score (nSPS) is 18.0. The van der Waals surface area contributed by atoms with Crippen LogP contribution in [0.25, 0.3) is 0 Å². The van der Waals surface area contributed by atoms with Gasteiger partial charge in [0, 0.05) is 19.1 Å². The van der Waals surface area contributed by atoms with Gasteiger partial charge in [0.25, 0.3) is 0 Å². The summed E-state index contributed by atoms with van der Waals surface area (Å²) in [5, 5.41) is 3.53. The first-order valence-electron chi connectivity index (χ1n) is 6.42. The van der Waals surface area contributed by atoms with E-state index in [0.717, 1.165) is 6.54 Å². The summed E-state index contributed by atoms with van der Waals surface area (Å²) >= 11 is 0. The second-order valence-corrected chi connectivity index (χ2v) is 4.60. The van der Waals surface area contributed by atoms with Crippen molar-refractivity contribution >= 4 is 11.4 Å². The lowest BCUT2D eigenvalue weighted by Gasteiger charge is -2.34. The van der Waals surface area contributed by atoms with Crippen LogP contribution in [0.15, 0.2) is 24.3 Å². The van der Waals surface area contributed by atoms with Crippen LogP contribution in [0.1, 0.15) is 33.1 Å². The summed E-state index contributed by atoms with van der Waals surface area (Å²) in [5.41, 5.74) is 2.67. The highest BCUT2D eigenvalue weighted by Gasteiger charge is 2.17. The number of benzene rings is 1. The Balaban J connectivity index is 2.31.